The first-order valence-electron chi connectivity index (χ1n) is 7.66. The number of allylic oxidation sites excluding steroid dienone is 2. The summed E-state index contributed by atoms with van der Waals surface area (Å²) in [5.41, 5.74) is 1.90. The van der Waals surface area contributed by atoms with Gasteiger partial charge in [0.2, 0.25) is 0 Å². The average Bonchev–Trinajstić information content (AvgIpc) is 2.57. The fourth-order valence-electron chi connectivity index (χ4n) is 2.25. The first-order valence-corrected chi connectivity index (χ1v) is 7.66. The molecular formula is C20H20O4. The summed E-state index contributed by atoms with van der Waals surface area (Å²) in [6, 6.07) is 9.39. The standard InChI is InChI=1S/C20H20O4/c1-3-5-15-12-16(20(24-4-2)13-19(15)23)8-11-18(22)14-6-9-17(21)10-7-14/h3,6-13,21,23H,1,4-5H2,2H3. The molecule has 2 N–H and O–H groups in total. The highest BCUT2D eigenvalue weighted by Crippen LogP contribution is 2.30. The second-order valence-corrected chi connectivity index (χ2v) is 5.19. The van der Waals surface area contributed by atoms with Gasteiger partial charge in [0.1, 0.15) is 17.2 Å². The van der Waals surface area contributed by atoms with Crippen LogP contribution in [0, 0.1) is 0 Å². The van der Waals surface area contributed by atoms with Gasteiger partial charge in [0.25, 0.3) is 0 Å². The van der Waals surface area contributed by atoms with Crippen LogP contribution in [0.5, 0.6) is 17.2 Å². The monoisotopic (exact) mass is 324 g/mol. The Morgan fingerprint density at radius 3 is 2.54 bits per heavy atom. The topological polar surface area (TPSA) is 66.8 Å². The van der Waals surface area contributed by atoms with Crippen molar-refractivity contribution in [2.24, 2.45) is 0 Å². The van der Waals surface area contributed by atoms with E-state index in [9.17, 15) is 15.0 Å². The summed E-state index contributed by atoms with van der Waals surface area (Å²) in [6.07, 6.45) is 5.32. The lowest BCUT2D eigenvalue weighted by Gasteiger charge is -2.11. The molecule has 0 spiro atoms. The van der Waals surface area contributed by atoms with Gasteiger partial charge in [-0.05, 0) is 61.4 Å². The van der Waals surface area contributed by atoms with Crippen LogP contribution in [-0.2, 0) is 6.42 Å². The maximum Gasteiger partial charge on any atom is 0.185 e. The van der Waals surface area contributed by atoms with E-state index in [0.717, 1.165) is 0 Å². The predicted octanol–water partition coefficient (Wildman–Crippen LogP) is 4.12. The molecule has 4 heteroatoms. The molecule has 0 unspecified atom stereocenters. The van der Waals surface area contributed by atoms with Crippen LogP contribution in [0.1, 0.15) is 28.4 Å². The van der Waals surface area contributed by atoms with E-state index in [1.807, 2.05) is 6.92 Å². The van der Waals surface area contributed by atoms with Gasteiger partial charge < -0.3 is 14.9 Å². The molecule has 2 rings (SSSR count). The Hall–Kier alpha value is -3.01. The Bertz CT molecular complexity index is 758. The second kappa shape index (κ2) is 8.02. The number of hydrogen-bond acceptors (Lipinski definition) is 4. The first kappa shape index (κ1) is 17.3. The summed E-state index contributed by atoms with van der Waals surface area (Å²) in [6.45, 7) is 5.97. The van der Waals surface area contributed by atoms with Gasteiger partial charge in [0, 0.05) is 17.2 Å². The zero-order valence-corrected chi connectivity index (χ0v) is 13.5. The maximum atomic E-state index is 12.2. The van der Waals surface area contributed by atoms with Crippen LogP contribution in [0.2, 0.25) is 0 Å². The number of aromatic hydroxyl groups is 2. The number of rotatable bonds is 7. The van der Waals surface area contributed by atoms with Crippen LogP contribution < -0.4 is 4.74 Å². The van der Waals surface area contributed by atoms with Gasteiger partial charge >= 0.3 is 0 Å². The van der Waals surface area contributed by atoms with E-state index < -0.39 is 0 Å². The molecular weight excluding hydrogens is 304 g/mol. The van der Waals surface area contributed by atoms with Crippen molar-refractivity contribution in [1.29, 1.82) is 0 Å². The zero-order valence-electron chi connectivity index (χ0n) is 13.5. The number of benzene rings is 2. The van der Waals surface area contributed by atoms with Crippen molar-refractivity contribution in [3.8, 4) is 17.2 Å². The lowest BCUT2D eigenvalue weighted by Crippen LogP contribution is -1.97. The van der Waals surface area contributed by atoms with Gasteiger partial charge in [-0.15, -0.1) is 6.58 Å². The van der Waals surface area contributed by atoms with Crippen molar-refractivity contribution in [3.63, 3.8) is 0 Å². The van der Waals surface area contributed by atoms with Crippen molar-refractivity contribution >= 4 is 11.9 Å². The molecule has 0 heterocycles. The molecule has 4 nitrogen and oxygen atoms in total. The molecule has 0 bridgehead atoms. The number of ether oxygens (including phenoxy) is 1. The molecule has 2 aromatic rings. The highest BCUT2D eigenvalue weighted by Gasteiger charge is 2.09. The Morgan fingerprint density at radius 1 is 1.21 bits per heavy atom. The Balaban J connectivity index is 2.31. The molecule has 124 valence electrons. The fourth-order valence-corrected chi connectivity index (χ4v) is 2.25. The van der Waals surface area contributed by atoms with Gasteiger partial charge in [-0.2, -0.15) is 0 Å². The minimum absolute atomic E-state index is 0.113. The van der Waals surface area contributed by atoms with Crippen molar-refractivity contribution in [2.45, 2.75) is 13.3 Å². The van der Waals surface area contributed by atoms with E-state index in [0.29, 0.717) is 35.5 Å². The molecule has 0 fully saturated rings. The highest BCUT2D eigenvalue weighted by molar-refractivity contribution is 6.07. The largest absolute Gasteiger partial charge is 0.508 e. The lowest BCUT2D eigenvalue weighted by molar-refractivity contribution is 0.104. The smallest absolute Gasteiger partial charge is 0.185 e. The van der Waals surface area contributed by atoms with Crippen molar-refractivity contribution in [1.82, 2.24) is 0 Å². The van der Waals surface area contributed by atoms with Crippen LogP contribution in [-0.4, -0.2) is 22.6 Å². The third-order valence-corrected chi connectivity index (χ3v) is 3.44. The summed E-state index contributed by atoms with van der Waals surface area (Å²) >= 11 is 0. The number of phenolic OH excluding ortho intramolecular Hbond substituents is 2. The summed E-state index contributed by atoms with van der Waals surface area (Å²) in [5.74, 6) is 0.579. The van der Waals surface area contributed by atoms with Crippen LogP contribution in [0.4, 0.5) is 0 Å². The molecule has 2 aromatic carbocycles. The van der Waals surface area contributed by atoms with E-state index in [2.05, 4.69) is 6.58 Å². The van der Waals surface area contributed by atoms with Gasteiger partial charge in [-0.3, -0.25) is 4.79 Å². The fraction of sp³-hybridized carbons (Fsp3) is 0.150. The van der Waals surface area contributed by atoms with Gasteiger partial charge in [0.15, 0.2) is 5.78 Å². The maximum absolute atomic E-state index is 12.2. The molecule has 0 saturated heterocycles. The molecule has 0 aromatic heterocycles. The molecule has 0 amide bonds. The quantitative estimate of drug-likeness (QED) is 0.457. The summed E-state index contributed by atoms with van der Waals surface area (Å²) in [7, 11) is 0. The SMILES string of the molecule is C=CCc1cc(C=CC(=O)c2ccc(O)cc2)c(OCC)cc1O. The Labute approximate surface area is 141 Å². The number of carbonyl (C=O) groups excluding carboxylic acids is 1. The lowest BCUT2D eigenvalue weighted by atomic mass is 10.0. The minimum atomic E-state index is -0.184. The first-order chi connectivity index (χ1) is 11.5. The molecule has 24 heavy (non-hydrogen) atoms. The van der Waals surface area contributed by atoms with E-state index in [4.69, 9.17) is 4.74 Å². The van der Waals surface area contributed by atoms with Gasteiger partial charge in [-0.25, -0.2) is 0 Å². The minimum Gasteiger partial charge on any atom is -0.508 e. The van der Waals surface area contributed by atoms with Crippen LogP contribution in [0.3, 0.4) is 0 Å². The third-order valence-electron chi connectivity index (χ3n) is 3.44. The molecule has 0 saturated carbocycles. The number of carbonyl (C=O) groups is 1. The number of phenols is 2. The molecule has 0 atom stereocenters. The second-order valence-electron chi connectivity index (χ2n) is 5.19. The third kappa shape index (κ3) is 4.26. The zero-order chi connectivity index (χ0) is 17.5. The van der Waals surface area contributed by atoms with E-state index in [1.165, 1.54) is 18.2 Å². The summed E-state index contributed by atoms with van der Waals surface area (Å²) in [4.78, 5) is 12.2. The van der Waals surface area contributed by atoms with Crippen molar-refractivity contribution in [2.75, 3.05) is 6.61 Å². The summed E-state index contributed by atoms with van der Waals surface area (Å²) < 4.78 is 5.52. The normalized spacial score (nSPS) is 10.7. The highest BCUT2D eigenvalue weighted by atomic mass is 16.5. The predicted molar refractivity (Wildman–Crippen MR) is 94.6 cm³/mol. The van der Waals surface area contributed by atoms with E-state index in [1.54, 1.807) is 36.4 Å². The van der Waals surface area contributed by atoms with Crippen LogP contribution in [0.15, 0.2) is 55.1 Å². The Kier molecular flexibility index (Phi) is 5.79. The molecule has 0 aliphatic carbocycles. The summed E-state index contributed by atoms with van der Waals surface area (Å²) in [5, 5.41) is 19.3. The number of ketones is 1. The van der Waals surface area contributed by atoms with Gasteiger partial charge in [0.05, 0.1) is 6.61 Å². The average molecular weight is 324 g/mol. The van der Waals surface area contributed by atoms with Crippen LogP contribution in [0.25, 0.3) is 6.08 Å². The van der Waals surface area contributed by atoms with E-state index >= 15 is 0 Å². The molecule has 0 aliphatic heterocycles. The van der Waals surface area contributed by atoms with Crippen molar-refractivity contribution in [3.05, 3.63) is 71.8 Å². The van der Waals surface area contributed by atoms with Crippen molar-refractivity contribution < 1.29 is 19.7 Å². The molecule has 0 radical (unpaired) electrons. The Morgan fingerprint density at radius 2 is 1.92 bits per heavy atom. The van der Waals surface area contributed by atoms with Gasteiger partial charge in [-0.1, -0.05) is 6.08 Å². The van der Waals surface area contributed by atoms with Crippen LogP contribution >= 0.6 is 0 Å². The van der Waals surface area contributed by atoms with E-state index in [-0.39, 0.29) is 17.3 Å². The molecule has 0 aliphatic rings. The number of hydrogen-bond donors (Lipinski definition) is 2.